The first-order valence-electron chi connectivity index (χ1n) is 13.0. The molecule has 1 fully saturated rings. The number of carbonyl (C=O) groups excluding carboxylic acids is 3. The van der Waals surface area contributed by atoms with Gasteiger partial charge < -0.3 is 10.2 Å². The van der Waals surface area contributed by atoms with Gasteiger partial charge in [-0.3, -0.25) is 19.4 Å². The van der Waals surface area contributed by atoms with Gasteiger partial charge in [0.15, 0.2) is 11.6 Å². The number of amides is 1. The lowest BCUT2D eigenvalue weighted by Gasteiger charge is -2.39. The molecule has 0 radical (unpaired) electrons. The van der Waals surface area contributed by atoms with E-state index in [4.69, 9.17) is 0 Å². The number of anilines is 2. The third-order valence-corrected chi connectivity index (χ3v) is 8.41. The van der Waals surface area contributed by atoms with E-state index in [2.05, 4.69) is 16.4 Å². The number of para-hydroxylation sites is 2. The van der Waals surface area contributed by atoms with Crippen LogP contribution in [0.2, 0.25) is 0 Å². The Bertz CT molecular complexity index is 1680. The SMILES string of the molecule is CC1=C[C@@H]2N(c3ccccc31)[C@H](C(=O)c1ccccc1)[C@H](C(=O)c1ccccn1)[C@@]21C(=O)Nc2ccccc21. The van der Waals surface area contributed by atoms with Crippen LogP contribution in [0.5, 0.6) is 0 Å². The Kier molecular flexibility index (Phi) is 5.13. The maximum absolute atomic E-state index is 14.6. The van der Waals surface area contributed by atoms with Crippen molar-refractivity contribution in [2.24, 2.45) is 5.92 Å². The Morgan fingerprint density at radius 1 is 0.846 bits per heavy atom. The molecule has 7 rings (SSSR count). The summed E-state index contributed by atoms with van der Waals surface area (Å²) < 4.78 is 0. The summed E-state index contributed by atoms with van der Waals surface area (Å²) in [4.78, 5) is 49.9. The van der Waals surface area contributed by atoms with E-state index < -0.39 is 23.4 Å². The molecule has 3 aromatic carbocycles. The Morgan fingerprint density at radius 2 is 1.56 bits per heavy atom. The number of rotatable bonds is 4. The van der Waals surface area contributed by atoms with Crippen molar-refractivity contribution >= 4 is 34.4 Å². The predicted molar refractivity (Wildman–Crippen MR) is 150 cm³/mol. The molecule has 0 unspecified atom stereocenters. The van der Waals surface area contributed by atoms with Crippen molar-refractivity contribution in [3.8, 4) is 0 Å². The van der Waals surface area contributed by atoms with Crippen molar-refractivity contribution in [2.75, 3.05) is 10.2 Å². The standard InChI is InChI=1S/C33H25N3O3/c1-20-19-27-33(23-14-6-7-15-24(23)35-32(33)39)28(31(38)25-16-9-10-18-34-25)29(30(37)21-11-3-2-4-12-21)36(27)26-17-8-5-13-22(20)26/h2-19,27-29H,1H3,(H,35,39)/t27-,28+,29-,33-/m0/s1. The molecular weight excluding hydrogens is 486 g/mol. The van der Waals surface area contributed by atoms with Crippen LogP contribution in [-0.2, 0) is 10.2 Å². The van der Waals surface area contributed by atoms with E-state index in [9.17, 15) is 14.4 Å². The number of ketones is 2. The second-order valence-corrected chi connectivity index (χ2v) is 10.3. The minimum absolute atomic E-state index is 0.202. The summed E-state index contributed by atoms with van der Waals surface area (Å²) in [6.45, 7) is 2.02. The molecule has 1 N–H and O–H groups in total. The number of benzene rings is 3. The van der Waals surface area contributed by atoms with E-state index in [1.807, 2.05) is 78.6 Å². The first kappa shape index (κ1) is 23.3. The van der Waals surface area contributed by atoms with Gasteiger partial charge >= 0.3 is 0 Å². The van der Waals surface area contributed by atoms with Crippen LogP contribution >= 0.6 is 0 Å². The van der Waals surface area contributed by atoms with E-state index >= 15 is 0 Å². The summed E-state index contributed by atoms with van der Waals surface area (Å²) in [6, 6.07) is 28.1. The molecule has 6 nitrogen and oxygen atoms in total. The van der Waals surface area contributed by atoms with Crippen molar-refractivity contribution in [2.45, 2.75) is 24.4 Å². The van der Waals surface area contributed by atoms with Gasteiger partial charge in [0.05, 0.1) is 12.0 Å². The fourth-order valence-electron chi connectivity index (χ4n) is 6.83. The lowest BCUT2D eigenvalue weighted by molar-refractivity contribution is -0.121. The normalized spacial score (nSPS) is 24.4. The number of carbonyl (C=O) groups is 3. The van der Waals surface area contributed by atoms with Crippen LogP contribution in [0.4, 0.5) is 11.4 Å². The highest BCUT2D eigenvalue weighted by atomic mass is 16.2. The van der Waals surface area contributed by atoms with Gasteiger partial charge in [-0.1, -0.05) is 78.9 Å². The summed E-state index contributed by atoms with van der Waals surface area (Å²) in [6.07, 6.45) is 3.62. The molecule has 0 saturated carbocycles. The van der Waals surface area contributed by atoms with Crippen molar-refractivity contribution < 1.29 is 14.4 Å². The molecule has 4 heterocycles. The maximum atomic E-state index is 14.6. The van der Waals surface area contributed by atoms with Crippen LogP contribution in [-0.4, -0.2) is 34.5 Å². The molecule has 190 valence electrons. The second-order valence-electron chi connectivity index (χ2n) is 10.3. The molecule has 1 saturated heterocycles. The van der Waals surface area contributed by atoms with Crippen LogP contribution in [0.25, 0.3) is 5.57 Å². The first-order chi connectivity index (χ1) is 19.0. The lowest BCUT2D eigenvalue weighted by atomic mass is 9.64. The smallest absolute Gasteiger partial charge is 0.238 e. The number of hydrogen-bond acceptors (Lipinski definition) is 5. The first-order valence-corrected chi connectivity index (χ1v) is 13.0. The molecule has 1 amide bonds. The van der Waals surface area contributed by atoms with Gasteiger partial charge in [0, 0.05) is 28.7 Å². The van der Waals surface area contributed by atoms with Crippen LogP contribution in [0, 0.1) is 5.92 Å². The van der Waals surface area contributed by atoms with Crippen LogP contribution < -0.4 is 10.2 Å². The fourth-order valence-corrected chi connectivity index (χ4v) is 6.83. The quantitative estimate of drug-likeness (QED) is 0.375. The number of aromatic nitrogens is 1. The molecule has 3 aliphatic heterocycles. The topological polar surface area (TPSA) is 79.4 Å². The number of pyridine rings is 1. The highest BCUT2D eigenvalue weighted by molar-refractivity contribution is 6.18. The zero-order chi connectivity index (χ0) is 26.7. The van der Waals surface area contributed by atoms with Crippen molar-refractivity contribution in [1.82, 2.24) is 4.98 Å². The Morgan fingerprint density at radius 3 is 2.36 bits per heavy atom. The van der Waals surface area contributed by atoms with Crippen molar-refractivity contribution in [3.05, 3.63) is 132 Å². The summed E-state index contributed by atoms with van der Waals surface area (Å²) in [5.74, 6) is -1.83. The highest BCUT2D eigenvalue weighted by Gasteiger charge is 2.70. The van der Waals surface area contributed by atoms with Crippen molar-refractivity contribution in [3.63, 3.8) is 0 Å². The highest BCUT2D eigenvalue weighted by Crippen LogP contribution is 2.58. The van der Waals surface area contributed by atoms with Crippen LogP contribution in [0.3, 0.4) is 0 Å². The summed E-state index contributed by atoms with van der Waals surface area (Å²) >= 11 is 0. The Labute approximate surface area is 226 Å². The number of hydrogen-bond donors (Lipinski definition) is 1. The number of Topliss-reactive ketones (excluding diaryl/α,β-unsaturated/α-hetero) is 2. The number of fused-ring (bicyclic) bond motifs is 6. The molecular formula is C33H25N3O3. The number of nitrogens with zero attached hydrogens (tertiary/aromatic N) is 2. The lowest BCUT2D eigenvalue weighted by Crippen LogP contribution is -2.51. The van der Waals surface area contributed by atoms with Gasteiger partial charge in [-0.2, -0.15) is 0 Å². The Balaban J connectivity index is 1.57. The molecule has 4 atom stereocenters. The van der Waals surface area contributed by atoms with E-state index in [0.29, 0.717) is 11.3 Å². The summed E-state index contributed by atoms with van der Waals surface area (Å²) in [7, 11) is 0. The monoisotopic (exact) mass is 511 g/mol. The van der Waals surface area contributed by atoms with Crippen molar-refractivity contribution in [1.29, 1.82) is 0 Å². The zero-order valence-electron chi connectivity index (χ0n) is 21.2. The van der Waals surface area contributed by atoms with E-state index in [1.165, 1.54) is 0 Å². The molecule has 6 heteroatoms. The van der Waals surface area contributed by atoms with Gasteiger partial charge in [-0.05, 0) is 42.3 Å². The molecule has 0 aliphatic carbocycles. The predicted octanol–water partition coefficient (Wildman–Crippen LogP) is 5.33. The van der Waals surface area contributed by atoms with E-state index in [-0.39, 0.29) is 23.2 Å². The average molecular weight is 512 g/mol. The molecule has 3 aliphatic rings. The van der Waals surface area contributed by atoms with Gasteiger partial charge in [-0.25, -0.2) is 0 Å². The van der Waals surface area contributed by atoms with Gasteiger partial charge in [-0.15, -0.1) is 0 Å². The fraction of sp³-hybridized carbons (Fsp3) is 0.152. The van der Waals surface area contributed by atoms with E-state index in [1.54, 1.807) is 36.5 Å². The minimum atomic E-state index is -1.34. The van der Waals surface area contributed by atoms with Crippen LogP contribution in [0.15, 0.2) is 109 Å². The molecule has 0 bridgehead atoms. The minimum Gasteiger partial charge on any atom is -0.352 e. The van der Waals surface area contributed by atoms with E-state index in [0.717, 1.165) is 22.4 Å². The average Bonchev–Trinajstić information content (AvgIpc) is 3.45. The summed E-state index contributed by atoms with van der Waals surface area (Å²) in [5.41, 5.74) is 3.60. The Hall–Kier alpha value is -4.84. The maximum Gasteiger partial charge on any atom is 0.238 e. The molecule has 4 aromatic rings. The van der Waals surface area contributed by atoms with Gasteiger partial charge in [0.1, 0.15) is 17.2 Å². The molecule has 39 heavy (non-hydrogen) atoms. The van der Waals surface area contributed by atoms with Gasteiger partial charge in [0.2, 0.25) is 5.91 Å². The second kappa shape index (κ2) is 8.60. The number of nitrogens with one attached hydrogen (secondary N) is 1. The zero-order valence-corrected chi connectivity index (χ0v) is 21.2. The molecule has 1 spiro atoms. The number of allylic oxidation sites excluding steroid dienone is 1. The third-order valence-electron chi connectivity index (χ3n) is 8.41. The largest absolute Gasteiger partial charge is 0.352 e. The van der Waals surface area contributed by atoms with Gasteiger partial charge in [0.25, 0.3) is 0 Å². The third kappa shape index (κ3) is 3.15. The summed E-state index contributed by atoms with van der Waals surface area (Å²) in [5, 5.41) is 3.06. The van der Waals surface area contributed by atoms with Crippen LogP contribution in [0.1, 0.15) is 38.9 Å². The molecule has 1 aromatic heterocycles.